The summed E-state index contributed by atoms with van der Waals surface area (Å²) in [7, 11) is 3.01. The smallest absolute Gasteiger partial charge is 0.285 e. The van der Waals surface area contributed by atoms with Gasteiger partial charge in [-0.25, -0.2) is 0 Å². The average molecular weight is 657 g/mol. The number of halogens is 1. The summed E-state index contributed by atoms with van der Waals surface area (Å²) in [4.78, 5) is 38.5. The number of rotatable bonds is 9. The topological polar surface area (TPSA) is 106 Å². The SMILES string of the molecule is COc1ccc(C(=O)NN2C(=O)/C(=C\c3ccc(OCC(=O)Nc4ccc(Br)c(C)c4C)c(OC)c3)SC2=S)cc1. The molecule has 4 rings (SSSR count). The van der Waals surface area contributed by atoms with Gasteiger partial charge in [-0.3, -0.25) is 19.8 Å². The number of nitrogens with one attached hydrogen (secondary N) is 2. The van der Waals surface area contributed by atoms with Crippen molar-refractivity contribution in [2.75, 3.05) is 26.1 Å². The van der Waals surface area contributed by atoms with Gasteiger partial charge in [0.1, 0.15) is 5.75 Å². The Morgan fingerprint density at radius 1 is 1.00 bits per heavy atom. The first-order chi connectivity index (χ1) is 19.6. The van der Waals surface area contributed by atoms with E-state index in [0.717, 1.165) is 32.4 Å². The maximum Gasteiger partial charge on any atom is 0.285 e. The second-order valence-corrected chi connectivity index (χ2v) is 11.3. The van der Waals surface area contributed by atoms with Gasteiger partial charge in [0, 0.05) is 15.7 Å². The first-order valence-corrected chi connectivity index (χ1v) is 14.2. The number of ether oxygens (including phenoxy) is 3. The Morgan fingerprint density at radius 2 is 1.73 bits per heavy atom. The number of carbonyl (C=O) groups excluding carboxylic acids is 3. The Kier molecular flexibility index (Phi) is 9.69. The van der Waals surface area contributed by atoms with Crippen LogP contribution in [0.5, 0.6) is 17.2 Å². The number of thiocarbonyl (C=S) groups is 1. The lowest BCUT2D eigenvalue weighted by molar-refractivity contribution is -0.123. The van der Waals surface area contributed by atoms with E-state index in [4.69, 9.17) is 26.4 Å². The summed E-state index contributed by atoms with van der Waals surface area (Å²) < 4.78 is 17.4. The Labute approximate surface area is 255 Å². The molecule has 2 N–H and O–H groups in total. The van der Waals surface area contributed by atoms with Gasteiger partial charge in [0.25, 0.3) is 17.7 Å². The fraction of sp³-hybridized carbons (Fsp3) is 0.172. The van der Waals surface area contributed by atoms with Crippen molar-refractivity contribution in [1.29, 1.82) is 0 Å². The third-order valence-electron chi connectivity index (χ3n) is 6.20. The molecule has 0 aromatic heterocycles. The number of methoxy groups -OCH3 is 2. The monoisotopic (exact) mass is 655 g/mol. The van der Waals surface area contributed by atoms with Crippen LogP contribution in [0.2, 0.25) is 0 Å². The third kappa shape index (κ3) is 7.07. The van der Waals surface area contributed by atoms with Crippen LogP contribution < -0.4 is 25.0 Å². The van der Waals surface area contributed by atoms with Crippen LogP contribution >= 0.6 is 39.9 Å². The largest absolute Gasteiger partial charge is 0.497 e. The number of amides is 3. The molecule has 12 heteroatoms. The molecule has 0 aliphatic carbocycles. The maximum absolute atomic E-state index is 13.0. The predicted octanol–water partition coefficient (Wildman–Crippen LogP) is 5.65. The lowest BCUT2D eigenvalue weighted by Crippen LogP contribution is -2.44. The van der Waals surface area contributed by atoms with Gasteiger partial charge in [0.2, 0.25) is 0 Å². The van der Waals surface area contributed by atoms with Crippen molar-refractivity contribution in [2.45, 2.75) is 13.8 Å². The summed E-state index contributed by atoms with van der Waals surface area (Å²) in [5.41, 5.74) is 6.24. The Hall–Kier alpha value is -3.87. The molecule has 1 saturated heterocycles. The van der Waals surface area contributed by atoms with Crippen molar-refractivity contribution in [2.24, 2.45) is 0 Å². The van der Waals surface area contributed by atoms with Gasteiger partial charge in [-0.15, -0.1) is 0 Å². The molecule has 9 nitrogen and oxygen atoms in total. The fourth-order valence-corrected chi connectivity index (χ4v) is 5.38. The predicted molar refractivity (Wildman–Crippen MR) is 166 cm³/mol. The van der Waals surface area contributed by atoms with Crippen molar-refractivity contribution in [3.63, 3.8) is 0 Å². The molecule has 0 radical (unpaired) electrons. The van der Waals surface area contributed by atoms with Crippen LogP contribution in [0.1, 0.15) is 27.0 Å². The van der Waals surface area contributed by atoms with Crippen LogP contribution in [0.15, 0.2) is 64.0 Å². The number of hydrogen-bond donors (Lipinski definition) is 2. The number of carbonyl (C=O) groups is 3. The molecule has 0 spiro atoms. The molecular formula is C29H26BrN3O6S2. The summed E-state index contributed by atoms with van der Waals surface area (Å²) >= 11 is 9.87. The van der Waals surface area contributed by atoms with Crippen molar-refractivity contribution in [1.82, 2.24) is 10.4 Å². The first-order valence-electron chi connectivity index (χ1n) is 12.2. The van der Waals surface area contributed by atoms with Crippen LogP contribution in [0.3, 0.4) is 0 Å². The number of hydrazine groups is 1. The van der Waals surface area contributed by atoms with Gasteiger partial charge in [-0.1, -0.05) is 33.8 Å². The average Bonchev–Trinajstić information content (AvgIpc) is 3.23. The summed E-state index contributed by atoms with van der Waals surface area (Å²) in [6.07, 6.45) is 1.64. The van der Waals surface area contributed by atoms with E-state index in [1.165, 1.54) is 14.2 Å². The minimum absolute atomic E-state index is 0.192. The highest BCUT2D eigenvalue weighted by atomic mass is 79.9. The van der Waals surface area contributed by atoms with Gasteiger partial charge >= 0.3 is 0 Å². The molecule has 41 heavy (non-hydrogen) atoms. The highest BCUT2D eigenvalue weighted by Gasteiger charge is 2.34. The lowest BCUT2D eigenvalue weighted by atomic mass is 10.1. The molecule has 3 aromatic rings. The maximum atomic E-state index is 13.0. The number of benzene rings is 3. The first kappa shape index (κ1) is 30.1. The number of hydrogen-bond acceptors (Lipinski definition) is 8. The van der Waals surface area contributed by atoms with E-state index < -0.39 is 11.8 Å². The van der Waals surface area contributed by atoms with E-state index in [9.17, 15) is 14.4 Å². The van der Waals surface area contributed by atoms with Gasteiger partial charge in [0.05, 0.1) is 19.1 Å². The second kappa shape index (κ2) is 13.2. The van der Waals surface area contributed by atoms with Crippen LogP contribution in [-0.4, -0.2) is 47.9 Å². The number of thioether (sulfide) groups is 1. The molecular weight excluding hydrogens is 630 g/mol. The van der Waals surface area contributed by atoms with Crippen LogP contribution in [0.4, 0.5) is 5.69 Å². The standard InChI is InChI=1S/C29H26BrN3O6S2/c1-16-17(2)22(11-10-21(16)30)31-26(34)15-39-23-12-5-18(13-24(23)38-4)14-25-28(36)33(29(40)41-25)32-27(35)19-6-8-20(37-3)9-7-19/h5-14H,15H2,1-4H3,(H,31,34)(H,32,35)/b25-14+. The quantitative estimate of drug-likeness (QED) is 0.225. The Bertz CT molecular complexity index is 1560. The zero-order valence-corrected chi connectivity index (χ0v) is 25.8. The molecule has 0 atom stereocenters. The minimum atomic E-state index is -0.483. The van der Waals surface area contributed by atoms with Gasteiger partial charge < -0.3 is 19.5 Å². The highest BCUT2D eigenvalue weighted by Crippen LogP contribution is 2.34. The van der Waals surface area contributed by atoms with E-state index in [-0.39, 0.29) is 16.8 Å². The van der Waals surface area contributed by atoms with Crippen molar-refractivity contribution in [3.05, 3.63) is 86.2 Å². The molecule has 0 unspecified atom stereocenters. The van der Waals surface area contributed by atoms with Crippen LogP contribution in [0.25, 0.3) is 6.08 Å². The zero-order valence-electron chi connectivity index (χ0n) is 22.6. The summed E-state index contributed by atoms with van der Waals surface area (Å²) in [6, 6.07) is 15.2. The third-order valence-corrected chi connectivity index (χ3v) is 8.36. The minimum Gasteiger partial charge on any atom is -0.497 e. The summed E-state index contributed by atoms with van der Waals surface area (Å²) in [5, 5.41) is 3.90. The molecule has 1 fully saturated rings. The number of nitrogens with zero attached hydrogens (tertiary/aromatic N) is 1. The molecule has 1 aliphatic rings. The Morgan fingerprint density at radius 3 is 2.41 bits per heavy atom. The van der Waals surface area contributed by atoms with Crippen molar-refractivity contribution >= 4 is 73.7 Å². The van der Waals surface area contributed by atoms with Crippen molar-refractivity contribution in [3.8, 4) is 17.2 Å². The lowest BCUT2D eigenvalue weighted by Gasteiger charge is -2.15. The summed E-state index contributed by atoms with van der Waals surface area (Å²) in [5.74, 6) is 0.0878. The van der Waals surface area contributed by atoms with E-state index in [1.807, 2.05) is 26.0 Å². The molecule has 3 amide bonds. The summed E-state index contributed by atoms with van der Waals surface area (Å²) in [6.45, 7) is 3.67. The van der Waals surface area contributed by atoms with Gasteiger partial charge in [0.15, 0.2) is 22.4 Å². The normalized spacial score (nSPS) is 13.8. The van der Waals surface area contributed by atoms with E-state index in [0.29, 0.717) is 39.0 Å². The van der Waals surface area contributed by atoms with E-state index in [1.54, 1.807) is 48.5 Å². The molecule has 212 valence electrons. The fourth-order valence-electron chi connectivity index (χ4n) is 3.77. The van der Waals surface area contributed by atoms with E-state index >= 15 is 0 Å². The molecule has 0 bridgehead atoms. The number of anilines is 1. The Balaban J connectivity index is 1.40. The van der Waals surface area contributed by atoms with Crippen molar-refractivity contribution < 1.29 is 28.6 Å². The molecule has 1 heterocycles. The van der Waals surface area contributed by atoms with Gasteiger partial charge in [-0.2, -0.15) is 5.01 Å². The van der Waals surface area contributed by atoms with Gasteiger partial charge in [-0.05, 0) is 97.4 Å². The van der Waals surface area contributed by atoms with Crippen LogP contribution in [-0.2, 0) is 9.59 Å². The molecule has 3 aromatic carbocycles. The van der Waals surface area contributed by atoms with E-state index in [2.05, 4.69) is 26.7 Å². The van der Waals surface area contributed by atoms with Crippen LogP contribution in [0, 0.1) is 13.8 Å². The molecule has 0 saturated carbocycles. The zero-order chi connectivity index (χ0) is 29.7. The highest BCUT2D eigenvalue weighted by molar-refractivity contribution is 9.10. The molecule has 1 aliphatic heterocycles. The second-order valence-electron chi connectivity index (χ2n) is 8.78.